The molecule has 1 saturated heterocycles. The number of carboxylic acids is 1. The Labute approximate surface area is 220 Å². The number of thiocarbonyl (C=S) groups is 1. The van der Waals surface area contributed by atoms with Crippen molar-refractivity contribution in [2.75, 3.05) is 11.5 Å². The van der Waals surface area contributed by atoms with Crippen LogP contribution in [0.3, 0.4) is 0 Å². The molecule has 0 radical (unpaired) electrons. The van der Waals surface area contributed by atoms with Crippen LogP contribution >= 0.6 is 39.9 Å². The summed E-state index contributed by atoms with van der Waals surface area (Å²) in [6, 6.07) is 19.5. The molecule has 3 aromatic rings. The van der Waals surface area contributed by atoms with Gasteiger partial charge in [-0.05, 0) is 76.5 Å². The monoisotopic (exact) mass is 569 g/mol. The second-order valence-corrected chi connectivity index (χ2v) is 9.94. The predicted octanol–water partition coefficient (Wildman–Crippen LogP) is 6.53. The first-order valence-corrected chi connectivity index (χ1v) is 12.6. The summed E-state index contributed by atoms with van der Waals surface area (Å²) in [6.45, 7) is 2.53. The van der Waals surface area contributed by atoms with Crippen molar-refractivity contribution < 1.29 is 24.2 Å². The number of benzene rings is 3. The lowest BCUT2D eigenvalue weighted by molar-refractivity contribution is -0.113. The summed E-state index contributed by atoms with van der Waals surface area (Å²) in [5, 5.41) is 9.06. The van der Waals surface area contributed by atoms with E-state index in [9.17, 15) is 9.59 Å². The van der Waals surface area contributed by atoms with Gasteiger partial charge in [0.25, 0.3) is 5.91 Å². The van der Waals surface area contributed by atoms with Crippen LogP contribution in [0.15, 0.2) is 76.1 Å². The highest BCUT2D eigenvalue weighted by Gasteiger charge is 2.33. The average molecular weight is 570 g/mol. The van der Waals surface area contributed by atoms with Crippen LogP contribution in [0.4, 0.5) is 5.69 Å². The van der Waals surface area contributed by atoms with E-state index in [4.69, 9.17) is 26.8 Å². The van der Waals surface area contributed by atoms with Gasteiger partial charge >= 0.3 is 5.97 Å². The molecule has 35 heavy (non-hydrogen) atoms. The second-order valence-electron chi connectivity index (χ2n) is 7.41. The smallest absolute Gasteiger partial charge is 0.335 e. The van der Waals surface area contributed by atoms with E-state index in [2.05, 4.69) is 15.9 Å². The first-order chi connectivity index (χ1) is 16.9. The lowest BCUT2D eigenvalue weighted by Crippen LogP contribution is -2.27. The van der Waals surface area contributed by atoms with Crippen LogP contribution in [0.5, 0.6) is 11.5 Å². The van der Waals surface area contributed by atoms with Gasteiger partial charge in [0.05, 0.1) is 27.2 Å². The zero-order chi connectivity index (χ0) is 24.9. The third-order valence-electron chi connectivity index (χ3n) is 5.02. The number of nitrogens with zero attached hydrogens (tertiary/aromatic N) is 1. The molecule has 9 heteroatoms. The first-order valence-electron chi connectivity index (χ1n) is 10.6. The fraction of sp³-hybridized carbons (Fsp3) is 0.115. The number of carboxylic acid groups (broad SMARTS) is 1. The van der Waals surface area contributed by atoms with Crippen LogP contribution in [0.25, 0.3) is 6.08 Å². The van der Waals surface area contributed by atoms with E-state index < -0.39 is 5.97 Å². The van der Waals surface area contributed by atoms with Crippen molar-refractivity contribution in [1.82, 2.24) is 0 Å². The molecule has 0 bridgehead atoms. The van der Waals surface area contributed by atoms with Crippen molar-refractivity contribution in [2.45, 2.75) is 13.5 Å². The van der Waals surface area contributed by atoms with Gasteiger partial charge in [-0.3, -0.25) is 9.69 Å². The van der Waals surface area contributed by atoms with Crippen LogP contribution in [-0.4, -0.2) is 27.9 Å². The van der Waals surface area contributed by atoms with Crippen molar-refractivity contribution in [2.24, 2.45) is 0 Å². The van der Waals surface area contributed by atoms with E-state index >= 15 is 0 Å². The summed E-state index contributed by atoms with van der Waals surface area (Å²) in [5.41, 5.74) is 2.52. The third-order valence-corrected chi connectivity index (χ3v) is 6.91. The van der Waals surface area contributed by atoms with Crippen molar-refractivity contribution >= 4 is 67.9 Å². The molecule has 1 fully saturated rings. The maximum atomic E-state index is 13.1. The van der Waals surface area contributed by atoms with Gasteiger partial charge in [0.2, 0.25) is 0 Å². The molecule has 4 rings (SSSR count). The summed E-state index contributed by atoms with van der Waals surface area (Å²) in [5.74, 6) is -0.113. The molecule has 1 aliphatic rings. The number of carbonyl (C=O) groups is 2. The Morgan fingerprint density at radius 3 is 2.49 bits per heavy atom. The molecule has 1 heterocycles. The van der Waals surface area contributed by atoms with Gasteiger partial charge in [-0.15, -0.1) is 0 Å². The number of halogens is 1. The second kappa shape index (κ2) is 11.1. The third kappa shape index (κ3) is 5.75. The zero-order valence-corrected chi connectivity index (χ0v) is 21.8. The van der Waals surface area contributed by atoms with Gasteiger partial charge in [0.15, 0.2) is 15.8 Å². The number of hydrogen-bond acceptors (Lipinski definition) is 6. The normalized spacial score (nSPS) is 14.5. The van der Waals surface area contributed by atoms with Crippen molar-refractivity contribution in [1.29, 1.82) is 0 Å². The number of amides is 1. The minimum Gasteiger partial charge on any atom is -0.490 e. The highest BCUT2D eigenvalue weighted by molar-refractivity contribution is 9.10. The number of anilines is 1. The number of rotatable bonds is 8. The fourth-order valence-electron chi connectivity index (χ4n) is 3.39. The lowest BCUT2D eigenvalue weighted by atomic mass is 10.1. The van der Waals surface area contributed by atoms with E-state index in [1.54, 1.807) is 18.2 Å². The predicted molar refractivity (Wildman–Crippen MR) is 145 cm³/mol. The summed E-state index contributed by atoms with van der Waals surface area (Å²) >= 11 is 10.3. The summed E-state index contributed by atoms with van der Waals surface area (Å²) in [4.78, 5) is 26.1. The Hall–Kier alpha value is -3.14. The zero-order valence-electron chi connectivity index (χ0n) is 18.6. The molecule has 3 aromatic carbocycles. The Bertz CT molecular complexity index is 1310. The molecule has 178 valence electrons. The van der Waals surface area contributed by atoms with Gasteiger partial charge in [0, 0.05) is 0 Å². The molecule has 1 aliphatic heterocycles. The maximum absolute atomic E-state index is 13.1. The van der Waals surface area contributed by atoms with E-state index in [-0.39, 0.29) is 18.1 Å². The SMILES string of the molecule is CCOc1cc(/C=C2/SC(=S)N(c3ccccc3)C2=O)cc(Br)c1OCc1ccc(C(=O)O)cc1. The van der Waals surface area contributed by atoms with Crippen LogP contribution in [0, 0.1) is 0 Å². The molecular formula is C26H20BrNO5S2. The number of aromatic carboxylic acids is 1. The van der Waals surface area contributed by atoms with Crippen LogP contribution in [0.1, 0.15) is 28.4 Å². The fourth-order valence-corrected chi connectivity index (χ4v) is 5.27. The van der Waals surface area contributed by atoms with Crippen molar-refractivity contribution in [3.05, 3.63) is 92.8 Å². The van der Waals surface area contributed by atoms with Crippen LogP contribution in [0.2, 0.25) is 0 Å². The molecular weight excluding hydrogens is 550 g/mol. The molecule has 0 aromatic heterocycles. The van der Waals surface area contributed by atoms with E-state index in [1.807, 2.05) is 49.4 Å². The summed E-state index contributed by atoms with van der Waals surface area (Å²) < 4.78 is 13.0. The Morgan fingerprint density at radius 2 is 1.83 bits per heavy atom. The Kier molecular flexibility index (Phi) is 7.90. The number of carbonyl (C=O) groups excluding carboxylic acids is 1. The minimum absolute atomic E-state index is 0.176. The van der Waals surface area contributed by atoms with E-state index in [0.717, 1.165) is 16.8 Å². The topological polar surface area (TPSA) is 76.1 Å². The van der Waals surface area contributed by atoms with Gasteiger partial charge in [-0.2, -0.15) is 0 Å². The number of para-hydroxylation sites is 1. The number of ether oxygens (including phenoxy) is 2. The Balaban J connectivity index is 1.57. The molecule has 0 spiro atoms. The average Bonchev–Trinajstić information content (AvgIpc) is 3.12. The van der Waals surface area contributed by atoms with Gasteiger partial charge in [-0.1, -0.05) is 54.3 Å². The van der Waals surface area contributed by atoms with Crippen LogP contribution < -0.4 is 14.4 Å². The molecule has 1 N–H and O–H groups in total. The summed E-state index contributed by atoms with van der Waals surface area (Å²) in [7, 11) is 0. The number of thioether (sulfide) groups is 1. The quantitative estimate of drug-likeness (QED) is 0.244. The van der Waals surface area contributed by atoms with E-state index in [0.29, 0.717) is 31.8 Å². The maximum Gasteiger partial charge on any atom is 0.335 e. The molecule has 6 nitrogen and oxygen atoms in total. The van der Waals surface area contributed by atoms with Gasteiger partial charge in [-0.25, -0.2) is 4.79 Å². The Morgan fingerprint density at radius 1 is 1.11 bits per heavy atom. The van der Waals surface area contributed by atoms with E-state index in [1.165, 1.54) is 28.8 Å². The highest BCUT2D eigenvalue weighted by atomic mass is 79.9. The molecule has 1 amide bonds. The minimum atomic E-state index is -0.977. The van der Waals surface area contributed by atoms with Gasteiger partial charge < -0.3 is 14.6 Å². The first kappa shape index (κ1) is 25.0. The highest BCUT2D eigenvalue weighted by Crippen LogP contribution is 2.40. The standard InChI is InChI=1S/C26H20BrNO5S2/c1-2-32-21-13-17(14-22-24(29)28(26(34)35-22)19-6-4-3-5-7-19)12-20(27)23(21)33-15-16-8-10-18(11-9-16)25(30)31/h3-14H,2,15H2,1H3,(H,30,31)/b22-14+. The molecule has 0 saturated carbocycles. The van der Waals surface area contributed by atoms with Crippen LogP contribution in [-0.2, 0) is 11.4 Å². The number of hydrogen-bond donors (Lipinski definition) is 1. The summed E-state index contributed by atoms with van der Waals surface area (Å²) in [6.07, 6.45) is 1.78. The molecule has 0 aliphatic carbocycles. The van der Waals surface area contributed by atoms with Crippen molar-refractivity contribution in [3.63, 3.8) is 0 Å². The molecule has 0 atom stereocenters. The lowest BCUT2D eigenvalue weighted by Gasteiger charge is -2.15. The van der Waals surface area contributed by atoms with Crippen molar-refractivity contribution in [3.8, 4) is 11.5 Å². The van der Waals surface area contributed by atoms with Gasteiger partial charge in [0.1, 0.15) is 6.61 Å². The largest absolute Gasteiger partial charge is 0.490 e. The molecule has 0 unspecified atom stereocenters.